The maximum Gasteiger partial charge on any atom is 0.222 e. The van der Waals surface area contributed by atoms with Crippen molar-refractivity contribution in [1.29, 1.82) is 0 Å². The number of hydrogen-bond donors (Lipinski definition) is 2. The smallest absolute Gasteiger partial charge is 0.222 e. The SMILES string of the molecule is CNC(=O)C1CC(N)C1.Cl. The van der Waals surface area contributed by atoms with E-state index < -0.39 is 0 Å². The van der Waals surface area contributed by atoms with Gasteiger partial charge in [-0.05, 0) is 12.8 Å². The summed E-state index contributed by atoms with van der Waals surface area (Å²) in [6, 6.07) is 0.271. The predicted molar refractivity (Wildman–Crippen MR) is 42.0 cm³/mol. The van der Waals surface area contributed by atoms with Gasteiger partial charge in [0.15, 0.2) is 0 Å². The van der Waals surface area contributed by atoms with Crippen molar-refractivity contribution in [2.24, 2.45) is 11.7 Å². The molecule has 1 aliphatic carbocycles. The van der Waals surface area contributed by atoms with Gasteiger partial charge < -0.3 is 11.1 Å². The van der Waals surface area contributed by atoms with Gasteiger partial charge in [-0.2, -0.15) is 0 Å². The summed E-state index contributed by atoms with van der Waals surface area (Å²) in [5, 5.41) is 2.59. The average Bonchev–Trinajstić information content (AvgIpc) is 1.79. The van der Waals surface area contributed by atoms with Gasteiger partial charge in [0, 0.05) is 19.0 Å². The summed E-state index contributed by atoms with van der Waals surface area (Å²) in [7, 11) is 1.66. The molecule has 60 valence electrons. The lowest BCUT2D eigenvalue weighted by molar-refractivity contribution is -0.127. The van der Waals surface area contributed by atoms with Crippen molar-refractivity contribution in [1.82, 2.24) is 5.32 Å². The Morgan fingerprint density at radius 2 is 2.10 bits per heavy atom. The molecule has 0 aromatic heterocycles. The molecule has 0 bridgehead atoms. The minimum atomic E-state index is 0. The fraction of sp³-hybridized carbons (Fsp3) is 0.833. The van der Waals surface area contributed by atoms with E-state index in [1.807, 2.05) is 0 Å². The van der Waals surface area contributed by atoms with Crippen molar-refractivity contribution < 1.29 is 4.79 Å². The molecule has 1 fully saturated rings. The fourth-order valence-electron chi connectivity index (χ4n) is 1.08. The van der Waals surface area contributed by atoms with Gasteiger partial charge in [0.05, 0.1) is 0 Å². The van der Waals surface area contributed by atoms with E-state index in [1.54, 1.807) is 7.05 Å². The first-order valence-corrected chi connectivity index (χ1v) is 3.21. The molecule has 1 amide bonds. The van der Waals surface area contributed by atoms with Crippen LogP contribution in [-0.2, 0) is 4.79 Å². The Labute approximate surface area is 66.8 Å². The van der Waals surface area contributed by atoms with Crippen LogP contribution < -0.4 is 11.1 Å². The molecule has 0 radical (unpaired) electrons. The van der Waals surface area contributed by atoms with Gasteiger partial charge in [0.25, 0.3) is 0 Å². The molecule has 10 heavy (non-hydrogen) atoms. The van der Waals surface area contributed by atoms with E-state index in [9.17, 15) is 4.79 Å². The van der Waals surface area contributed by atoms with Gasteiger partial charge in [0.1, 0.15) is 0 Å². The molecule has 3 nitrogen and oxygen atoms in total. The summed E-state index contributed by atoms with van der Waals surface area (Å²) in [5.41, 5.74) is 5.48. The fourth-order valence-corrected chi connectivity index (χ4v) is 1.08. The van der Waals surface area contributed by atoms with Crippen LogP contribution in [0.3, 0.4) is 0 Å². The van der Waals surface area contributed by atoms with Gasteiger partial charge in [-0.3, -0.25) is 4.79 Å². The molecule has 1 saturated carbocycles. The summed E-state index contributed by atoms with van der Waals surface area (Å²) in [4.78, 5) is 10.8. The second-order valence-electron chi connectivity index (χ2n) is 2.54. The zero-order valence-electron chi connectivity index (χ0n) is 5.96. The normalized spacial score (nSPS) is 29.8. The van der Waals surface area contributed by atoms with Crippen LogP contribution in [-0.4, -0.2) is 19.0 Å². The molecule has 3 N–H and O–H groups in total. The summed E-state index contributed by atoms with van der Waals surface area (Å²) in [6.45, 7) is 0. The standard InChI is InChI=1S/C6H12N2O.ClH/c1-8-6(9)4-2-5(7)3-4;/h4-5H,2-3,7H2,1H3,(H,8,9);1H. The first-order valence-electron chi connectivity index (χ1n) is 3.21. The van der Waals surface area contributed by atoms with Gasteiger partial charge in [-0.25, -0.2) is 0 Å². The Morgan fingerprint density at radius 1 is 1.60 bits per heavy atom. The zero-order chi connectivity index (χ0) is 6.85. The number of carbonyl (C=O) groups is 1. The Morgan fingerprint density at radius 3 is 2.40 bits per heavy atom. The van der Waals surface area contributed by atoms with E-state index in [4.69, 9.17) is 5.73 Å². The quantitative estimate of drug-likeness (QED) is 0.569. The summed E-state index contributed by atoms with van der Waals surface area (Å²) in [5.74, 6) is 0.335. The number of hydrogen-bond acceptors (Lipinski definition) is 2. The van der Waals surface area contributed by atoms with Crippen molar-refractivity contribution in [2.75, 3.05) is 7.05 Å². The number of carbonyl (C=O) groups excluding carboxylic acids is 1. The highest BCUT2D eigenvalue weighted by Crippen LogP contribution is 2.24. The highest BCUT2D eigenvalue weighted by Gasteiger charge is 2.30. The van der Waals surface area contributed by atoms with Crippen LogP contribution in [0.25, 0.3) is 0 Å². The van der Waals surface area contributed by atoms with Crippen molar-refractivity contribution in [2.45, 2.75) is 18.9 Å². The molecule has 0 unspecified atom stereocenters. The maximum atomic E-state index is 10.8. The van der Waals surface area contributed by atoms with Gasteiger partial charge >= 0.3 is 0 Å². The third-order valence-electron chi connectivity index (χ3n) is 1.79. The molecule has 0 spiro atoms. The minimum absolute atomic E-state index is 0. The van der Waals surface area contributed by atoms with Crippen LogP contribution in [0, 0.1) is 5.92 Å². The van der Waals surface area contributed by atoms with Gasteiger partial charge in [-0.1, -0.05) is 0 Å². The monoisotopic (exact) mass is 164 g/mol. The van der Waals surface area contributed by atoms with Crippen molar-refractivity contribution in [3.8, 4) is 0 Å². The zero-order valence-corrected chi connectivity index (χ0v) is 6.78. The molecule has 0 heterocycles. The Hall–Kier alpha value is -0.280. The van der Waals surface area contributed by atoms with Gasteiger partial charge in [0.2, 0.25) is 5.91 Å². The van der Waals surface area contributed by atoms with Crippen LogP contribution in [0.15, 0.2) is 0 Å². The predicted octanol–water partition coefficient (Wildman–Crippen LogP) is -0.109. The second-order valence-corrected chi connectivity index (χ2v) is 2.54. The largest absolute Gasteiger partial charge is 0.359 e. The molecule has 1 aliphatic rings. The minimum Gasteiger partial charge on any atom is -0.359 e. The molecular formula is C6H13ClN2O. The summed E-state index contributed by atoms with van der Waals surface area (Å²) >= 11 is 0. The number of nitrogens with two attached hydrogens (primary N) is 1. The molecule has 0 aromatic carbocycles. The van der Waals surface area contributed by atoms with Crippen molar-refractivity contribution >= 4 is 18.3 Å². The molecule has 1 rings (SSSR count). The Bertz CT molecular complexity index is 123. The number of halogens is 1. The lowest BCUT2D eigenvalue weighted by Gasteiger charge is -2.30. The molecule has 0 aliphatic heterocycles. The van der Waals surface area contributed by atoms with Crippen LogP contribution in [0.5, 0.6) is 0 Å². The first kappa shape index (κ1) is 9.72. The highest BCUT2D eigenvalue weighted by atomic mass is 35.5. The van der Waals surface area contributed by atoms with Crippen molar-refractivity contribution in [3.63, 3.8) is 0 Å². The lowest BCUT2D eigenvalue weighted by atomic mass is 9.80. The Kier molecular flexibility index (Phi) is 3.68. The topological polar surface area (TPSA) is 55.1 Å². The van der Waals surface area contributed by atoms with E-state index in [1.165, 1.54) is 0 Å². The van der Waals surface area contributed by atoms with E-state index in [0.29, 0.717) is 0 Å². The number of amides is 1. The summed E-state index contributed by atoms with van der Waals surface area (Å²) in [6.07, 6.45) is 1.72. The number of rotatable bonds is 1. The number of nitrogens with one attached hydrogen (secondary N) is 1. The van der Waals surface area contributed by atoms with Crippen LogP contribution in [0.2, 0.25) is 0 Å². The van der Waals surface area contributed by atoms with Gasteiger partial charge in [-0.15, -0.1) is 12.4 Å². The lowest BCUT2D eigenvalue weighted by Crippen LogP contribution is -2.44. The summed E-state index contributed by atoms with van der Waals surface area (Å²) < 4.78 is 0. The van der Waals surface area contributed by atoms with E-state index in [2.05, 4.69) is 5.32 Å². The van der Waals surface area contributed by atoms with Crippen LogP contribution >= 0.6 is 12.4 Å². The third-order valence-corrected chi connectivity index (χ3v) is 1.79. The van der Waals surface area contributed by atoms with E-state index >= 15 is 0 Å². The Balaban J connectivity index is 0.000000810. The maximum absolute atomic E-state index is 10.8. The molecule has 0 atom stereocenters. The van der Waals surface area contributed by atoms with Crippen molar-refractivity contribution in [3.05, 3.63) is 0 Å². The molecule has 4 heteroatoms. The first-order chi connectivity index (χ1) is 4.24. The molecule has 0 aromatic rings. The highest BCUT2D eigenvalue weighted by molar-refractivity contribution is 5.85. The second kappa shape index (κ2) is 3.78. The third kappa shape index (κ3) is 1.85. The average molecular weight is 165 g/mol. The van der Waals surface area contributed by atoms with Crippen LogP contribution in [0.4, 0.5) is 0 Å². The van der Waals surface area contributed by atoms with E-state index in [0.717, 1.165) is 12.8 Å². The molecular weight excluding hydrogens is 152 g/mol. The molecule has 0 saturated heterocycles. The van der Waals surface area contributed by atoms with Crippen LogP contribution in [0.1, 0.15) is 12.8 Å². The van der Waals surface area contributed by atoms with E-state index in [-0.39, 0.29) is 30.3 Å².